The first-order valence-corrected chi connectivity index (χ1v) is 7.98. The molecule has 2 aromatic rings. The minimum Gasteiger partial charge on any atom is -0.382 e. The summed E-state index contributed by atoms with van der Waals surface area (Å²) in [5.41, 5.74) is 1.18. The van der Waals surface area contributed by atoms with Gasteiger partial charge < -0.3 is 5.11 Å². The highest BCUT2D eigenvalue weighted by atomic mass is 16.3. The van der Waals surface area contributed by atoms with Gasteiger partial charge in [0.25, 0.3) is 0 Å². The molecule has 118 valence electrons. The van der Waals surface area contributed by atoms with E-state index in [4.69, 9.17) is 0 Å². The van der Waals surface area contributed by atoms with Crippen LogP contribution < -0.4 is 0 Å². The van der Waals surface area contributed by atoms with E-state index in [1.165, 1.54) is 5.56 Å². The number of aliphatic hydroxyl groups is 1. The topological polar surface area (TPSA) is 54.2 Å². The van der Waals surface area contributed by atoms with Gasteiger partial charge in [0, 0.05) is 25.7 Å². The Morgan fingerprint density at radius 3 is 2.73 bits per heavy atom. The SMILES string of the molecule is CC(C)n1cc([C@]2(O)CCN(CCc3ccccc3)C2)nn1. The third-order valence-corrected chi connectivity index (χ3v) is 4.40. The standard InChI is InChI=1S/C17H24N4O/c1-14(2)21-12-16(18-19-21)17(22)9-11-20(13-17)10-8-15-6-4-3-5-7-15/h3-7,12,14,22H,8-11,13H2,1-2H3/t17-/m0/s1. The van der Waals surface area contributed by atoms with E-state index in [2.05, 4.69) is 53.3 Å². The van der Waals surface area contributed by atoms with Gasteiger partial charge in [-0.15, -0.1) is 5.10 Å². The smallest absolute Gasteiger partial charge is 0.124 e. The van der Waals surface area contributed by atoms with Gasteiger partial charge in [-0.25, -0.2) is 4.68 Å². The third kappa shape index (κ3) is 3.20. The van der Waals surface area contributed by atoms with Crippen molar-refractivity contribution in [2.75, 3.05) is 19.6 Å². The van der Waals surface area contributed by atoms with Crippen LogP contribution in [0.5, 0.6) is 0 Å². The first-order valence-electron chi connectivity index (χ1n) is 7.98. The van der Waals surface area contributed by atoms with Gasteiger partial charge in [-0.05, 0) is 32.3 Å². The summed E-state index contributed by atoms with van der Waals surface area (Å²) in [6.45, 7) is 6.62. The number of β-amino-alcohol motifs (C(OH)–C–C–N with tert-alkyl or cyclic N) is 1. The zero-order valence-electron chi connectivity index (χ0n) is 13.3. The molecule has 1 aliphatic heterocycles. The molecule has 1 aliphatic rings. The van der Waals surface area contributed by atoms with Gasteiger partial charge in [0.1, 0.15) is 11.3 Å². The zero-order chi connectivity index (χ0) is 15.6. The molecular weight excluding hydrogens is 276 g/mol. The summed E-state index contributed by atoms with van der Waals surface area (Å²) in [5.74, 6) is 0. The number of nitrogens with zero attached hydrogens (tertiary/aromatic N) is 4. The van der Waals surface area contributed by atoms with Gasteiger partial charge in [-0.3, -0.25) is 4.90 Å². The normalized spacial score (nSPS) is 22.5. The molecule has 5 heteroatoms. The lowest BCUT2D eigenvalue weighted by Crippen LogP contribution is -2.32. The molecule has 22 heavy (non-hydrogen) atoms. The van der Waals surface area contributed by atoms with Gasteiger partial charge in [0.05, 0.1) is 6.20 Å². The Kier molecular flexibility index (Phi) is 4.27. The molecule has 0 radical (unpaired) electrons. The molecular formula is C17H24N4O. The quantitative estimate of drug-likeness (QED) is 0.917. The van der Waals surface area contributed by atoms with E-state index in [1.54, 1.807) is 4.68 Å². The molecule has 5 nitrogen and oxygen atoms in total. The van der Waals surface area contributed by atoms with Crippen LogP contribution in [-0.2, 0) is 12.0 Å². The van der Waals surface area contributed by atoms with Crippen molar-refractivity contribution in [3.63, 3.8) is 0 Å². The molecule has 2 heterocycles. The van der Waals surface area contributed by atoms with E-state index < -0.39 is 5.60 Å². The molecule has 0 unspecified atom stereocenters. The van der Waals surface area contributed by atoms with Crippen LogP contribution in [0.2, 0.25) is 0 Å². The van der Waals surface area contributed by atoms with Crippen molar-refractivity contribution in [2.24, 2.45) is 0 Å². The molecule has 0 amide bonds. The maximum Gasteiger partial charge on any atom is 0.124 e. The van der Waals surface area contributed by atoms with Crippen LogP contribution in [0.25, 0.3) is 0 Å². The van der Waals surface area contributed by atoms with Crippen molar-refractivity contribution >= 4 is 0 Å². The molecule has 1 fully saturated rings. The number of benzene rings is 1. The van der Waals surface area contributed by atoms with E-state index in [0.717, 1.165) is 25.9 Å². The maximum atomic E-state index is 10.9. The average molecular weight is 300 g/mol. The highest BCUT2D eigenvalue weighted by Crippen LogP contribution is 2.30. The number of hydrogen-bond acceptors (Lipinski definition) is 4. The van der Waals surface area contributed by atoms with Crippen molar-refractivity contribution < 1.29 is 5.11 Å². The number of aromatic nitrogens is 3. The van der Waals surface area contributed by atoms with Crippen LogP contribution in [0.15, 0.2) is 36.5 Å². The summed E-state index contributed by atoms with van der Waals surface area (Å²) in [6.07, 6.45) is 3.61. The number of likely N-dealkylation sites (tertiary alicyclic amines) is 1. The Labute approximate surface area is 131 Å². The fourth-order valence-corrected chi connectivity index (χ4v) is 2.95. The molecule has 1 aromatic heterocycles. The summed E-state index contributed by atoms with van der Waals surface area (Å²) >= 11 is 0. The Morgan fingerprint density at radius 2 is 2.05 bits per heavy atom. The van der Waals surface area contributed by atoms with E-state index in [1.807, 2.05) is 12.3 Å². The minimum absolute atomic E-state index is 0.264. The van der Waals surface area contributed by atoms with Crippen LogP contribution in [-0.4, -0.2) is 44.6 Å². The highest BCUT2D eigenvalue weighted by molar-refractivity contribution is 5.16. The lowest BCUT2D eigenvalue weighted by Gasteiger charge is -2.21. The Bertz CT molecular complexity index is 610. The predicted octanol–water partition coefficient (Wildman–Crippen LogP) is 1.99. The van der Waals surface area contributed by atoms with Crippen LogP contribution in [0.1, 0.15) is 37.6 Å². The van der Waals surface area contributed by atoms with Crippen LogP contribution in [0.4, 0.5) is 0 Å². The molecule has 1 saturated heterocycles. The van der Waals surface area contributed by atoms with Gasteiger partial charge >= 0.3 is 0 Å². The fraction of sp³-hybridized carbons (Fsp3) is 0.529. The van der Waals surface area contributed by atoms with E-state index >= 15 is 0 Å². The summed E-state index contributed by atoms with van der Waals surface area (Å²) < 4.78 is 1.81. The lowest BCUT2D eigenvalue weighted by atomic mass is 10.00. The zero-order valence-corrected chi connectivity index (χ0v) is 13.3. The highest BCUT2D eigenvalue weighted by Gasteiger charge is 2.39. The number of rotatable bonds is 5. The summed E-state index contributed by atoms with van der Waals surface area (Å²) in [7, 11) is 0. The largest absolute Gasteiger partial charge is 0.382 e. The van der Waals surface area contributed by atoms with Gasteiger partial charge in [0.2, 0.25) is 0 Å². The second kappa shape index (κ2) is 6.18. The molecule has 1 N–H and O–H groups in total. The van der Waals surface area contributed by atoms with E-state index in [0.29, 0.717) is 12.2 Å². The molecule has 3 rings (SSSR count). The van der Waals surface area contributed by atoms with E-state index in [-0.39, 0.29) is 6.04 Å². The lowest BCUT2D eigenvalue weighted by molar-refractivity contribution is 0.0418. The second-order valence-electron chi connectivity index (χ2n) is 6.47. The van der Waals surface area contributed by atoms with Gasteiger partial charge in [0.15, 0.2) is 0 Å². The molecule has 0 bridgehead atoms. The van der Waals surface area contributed by atoms with Crippen LogP contribution in [0, 0.1) is 0 Å². The summed E-state index contributed by atoms with van der Waals surface area (Å²) in [4.78, 5) is 2.31. The van der Waals surface area contributed by atoms with Gasteiger partial charge in [-0.1, -0.05) is 35.5 Å². The van der Waals surface area contributed by atoms with Crippen molar-refractivity contribution in [1.82, 2.24) is 19.9 Å². The van der Waals surface area contributed by atoms with Crippen LogP contribution >= 0.6 is 0 Å². The summed E-state index contributed by atoms with van der Waals surface area (Å²) in [6, 6.07) is 10.7. The average Bonchev–Trinajstić information content (AvgIpc) is 3.14. The summed E-state index contributed by atoms with van der Waals surface area (Å²) in [5, 5.41) is 19.2. The Hall–Kier alpha value is -1.72. The molecule has 1 aromatic carbocycles. The van der Waals surface area contributed by atoms with Gasteiger partial charge in [-0.2, -0.15) is 0 Å². The van der Waals surface area contributed by atoms with Crippen LogP contribution in [0.3, 0.4) is 0 Å². The Balaban J connectivity index is 1.60. The molecule has 1 atom stereocenters. The van der Waals surface area contributed by atoms with Crippen molar-refractivity contribution in [3.8, 4) is 0 Å². The number of hydrogen-bond donors (Lipinski definition) is 1. The first kappa shape index (κ1) is 15.2. The molecule has 0 saturated carbocycles. The Morgan fingerprint density at radius 1 is 1.27 bits per heavy atom. The van der Waals surface area contributed by atoms with Crippen molar-refractivity contribution in [2.45, 2.75) is 38.3 Å². The maximum absolute atomic E-state index is 10.9. The minimum atomic E-state index is -0.857. The first-order chi connectivity index (χ1) is 10.6. The third-order valence-electron chi connectivity index (χ3n) is 4.40. The fourth-order valence-electron chi connectivity index (χ4n) is 2.95. The van der Waals surface area contributed by atoms with Crippen molar-refractivity contribution in [1.29, 1.82) is 0 Å². The monoisotopic (exact) mass is 300 g/mol. The molecule has 0 spiro atoms. The predicted molar refractivity (Wildman–Crippen MR) is 85.5 cm³/mol. The van der Waals surface area contributed by atoms with Crippen molar-refractivity contribution in [3.05, 3.63) is 47.8 Å². The second-order valence-corrected chi connectivity index (χ2v) is 6.47. The molecule has 0 aliphatic carbocycles. The van der Waals surface area contributed by atoms with E-state index in [9.17, 15) is 5.11 Å².